The standard InChI is InChI=1S/C39H33N2/c1-30-6-20-37(21-7-30)41(38-22-8-31(2)9-23-38)39-24-14-33(15-25-39)11-10-32-12-16-34(17-13-32)35-18-26-36(27-19-35)40-28-4-3-5-29-40/h3-29H,1-2H3/q+1/b11-10+. The van der Waals surface area contributed by atoms with E-state index in [9.17, 15) is 0 Å². The summed E-state index contributed by atoms with van der Waals surface area (Å²) in [6, 6.07) is 49.7. The van der Waals surface area contributed by atoms with Gasteiger partial charge < -0.3 is 4.90 Å². The van der Waals surface area contributed by atoms with E-state index in [1.807, 2.05) is 18.2 Å². The van der Waals surface area contributed by atoms with E-state index in [-0.39, 0.29) is 0 Å². The van der Waals surface area contributed by atoms with Crippen LogP contribution < -0.4 is 9.47 Å². The summed E-state index contributed by atoms with van der Waals surface area (Å²) in [6.07, 6.45) is 8.47. The van der Waals surface area contributed by atoms with Gasteiger partial charge in [0.05, 0.1) is 0 Å². The van der Waals surface area contributed by atoms with Gasteiger partial charge in [-0.3, -0.25) is 0 Å². The van der Waals surface area contributed by atoms with E-state index in [2.05, 4.69) is 169 Å². The molecule has 0 unspecified atom stereocenters. The monoisotopic (exact) mass is 529 g/mol. The molecule has 0 saturated carbocycles. The highest BCUT2D eigenvalue weighted by Gasteiger charge is 2.12. The average Bonchev–Trinajstić information content (AvgIpc) is 3.03. The predicted molar refractivity (Wildman–Crippen MR) is 173 cm³/mol. The average molecular weight is 530 g/mol. The summed E-state index contributed by atoms with van der Waals surface area (Å²) in [5, 5.41) is 0. The Morgan fingerprint density at radius 1 is 0.439 bits per heavy atom. The number of aryl methyl sites for hydroxylation is 2. The molecule has 0 amide bonds. The van der Waals surface area contributed by atoms with Crippen LogP contribution in [0.3, 0.4) is 0 Å². The van der Waals surface area contributed by atoms with Crippen LogP contribution in [0.2, 0.25) is 0 Å². The van der Waals surface area contributed by atoms with E-state index < -0.39 is 0 Å². The van der Waals surface area contributed by atoms with Crippen molar-refractivity contribution >= 4 is 29.2 Å². The zero-order valence-corrected chi connectivity index (χ0v) is 23.5. The molecule has 1 aromatic heterocycles. The first-order chi connectivity index (χ1) is 20.1. The normalized spacial score (nSPS) is 11.1. The van der Waals surface area contributed by atoms with Gasteiger partial charge in [0.1, 0.15) is 0 Å². The first-order valence-corrected chi connectivity index (χ1v) is 14.0. The molecule has 0 atom stereocenters. The largest absolute Gasteiger partial charge is 0.311 e. The molecule has 0 saturated heterocycles. The molecular weight excluding hydrogens is 496 g/mol. The minimum Gasteiger partial charge on any atom is -0.311 e. The molecule has 2 nitrogen and oxygen atoms in total. The molecule has 0 aliphatic carbocycles. The summed E-state index contributed by atoms with van der Waals surface area (Å²) < 4.78 is 2.12. The maximum absolute atomic E-state index is 2.30. The summed E-state index contributed by atoms with van der Waals surface area (Å²) >= 11 is 0. The van der Waals surface area contributed by atoms with Crippen molar-refractivity contribution in [2.45, 2.75) is 13.8 Å². The summed E-state index contributed by atoms with van der Waals surface area (Å²) in [7, 11) is 0. The Kier molecular flexibility index (Phi) is 7.55. The van der Waals surface area contributed by atoms with Gasteiger partial charge in [0, 0.05) is 41.3 Å². The molecule has 0 spiro atoms. The van der Waals surface area contributed by atoms with E-state index >= 15 is 0 Å². The highest BCUT2D eigenvalue weighted by molar-refractivity contribution is 5.78. The lowest BCUT2D eigenvalue weighted by atomic mass is 10.0. The fraction of sp³-hybridized carbons (Fsp3) is 0.0513. The van der Waals surface area contributed by atoms with Gasteiger partial charge in [0.2, 0.25) is 5.69 Å². The van der Waals surface area contributed by atoms with E-state index in [0.717, 1.165) is 22.7 Å². The van der Waals surface area contributed by atoms with E-state index in [1.165, 1.54) is 33.4 Å². The van der Waals surface area contributed by atoms with Crippen LogP contribution in [0.15, 0.2) is 152 Å². The number of hydrogen-bond acceptors (Lipinski definition) is 1. The van der Waals surface area contributed by atoms with Crippen molar-refractivity contribution < 1.29 is 4.57 Å². The van der Waals surface area contributed by atoms with Crippen LogP contribution in [-0.4, -0.2) is 0 Å². The first-order valence-electron chi connectivity index (χ1n) is 14.0. The maximum Gasteiger partial charge on any atom is 0.210 e. The highest BCUT2D eigenvalue weighted by atomic mass is 15.1. The molecule has 0 N–H and O–H groups in total. The van der Waals surface area contributed by atoms with E-state index in [1.54, 1.807) is 0 Å². The number of anilines is 3. The second-order valence-corrected chi connectivity index (χ2v) is 10.4. The first kappa shape index (κ1) is 26.0. The minimum atomic E-state index is 1.14. The van der Waals surface area contributed by atoms with Gasteiger partial charge in [0.25, 0.3) is 0 Å². The molecule has 5 aromatic carbocycles. The van der Waals surface area contributed by atoms with Gasteiger partial charge in [-0.2, -0.15) is 4.57 Å². The molecule has 2 heteroatoms. The van der Waals surface area contributed by atoms with Gasteiger partial charge in [-0.15, -0.1) is 0 Å². The van der Waals surface area contributed by atoms with Crippen molar-refractivity contribution in [1.29, 1.82) is 0 Å². The minimum absolute atomic E-state index is 1.14. The van der Waals surface area contributed by atoms with Crippen LogP contribution in [0, 0.1) is 13.8 Å². The van der Waals surface area contributed by atoms with Gasteiger partial charge in [-0.25, -0.2) is 0 Å². The Bertz CT molecular complexity index is 1690. The second-order valence-electron chi connectivity index (χ2n) is 10.4. The fourth-order valence-corrected chi connectivity index (χ4v) is 4.95. The van der Waals surface area contributed by atoms with Crippen molar-refractivity contribution in [3.05, 3.63) is 174 Å². The lowest BCUT2D eigenvalue weighted by Crippen LogP contribution is -2.28. The summed E-state index contributed by atoms with van der Waals surface area (Å²) in [5.41, 5.74) is 11.9. The van der Waals surface area contributed by atoms with Crippen molar-refractivity contribution in [1.82, 2.24) is 0 Å². The van der Waals surface area contributed by atoms with Gasteiger partial charge in [-0.05, 0) is 84.6 Å². The molecule has 0 aliphatic heterocycles. The molecule has 1 heterocycles. The quantitative estimate of drug-likeness (QED) is 0.147. The Labute approximate surface area is 243 Å². The third-order valence-corrected chi connectivity index (χ3v) is 7.33. The molecule has 198 valence electrons. The summed E-state index contributed by atoms with van der Waals surface area (Å²) in [5.74, 6) is 0. The molecule has 41 heavy (non-hydrogen) atoms. The summed E-state index contributed by atoms with van der Waals surface area (Å²) in [6.45, 7) is 4.24. The molecule has 0 fully saturated rings. The lowest BCUT2D eigenvalue weighted by molar-refractivity contribution is -0.595. The smallest absolute Gasteiger partial charge is 0.210 e. The van der Waals surface area contributed by atoms with Gasteiger partial charge >= 0.3 is 0 Å². The zero-order chi connectivity index (χ0) is 28.0. The van der Waals surface area contributed by atoms with Crippen LogP contribution in [0.5, 0.6) is 0 Å². The van der Waals surface area contributed by atoms with Gasteiger partial charge in [-0.1, -0.05) is 90.0 Å². The SMILES string of the molecule is Cc1ccc(N(c2ccc(C)cc2)c2ccc(/C=C/c3ccc(-c4ccc(-[n+]5ccccc5)cc4)cc3)cc2)cc1. The number of pyridine rings is 1. The van der Waals surface area contributed by atoms with Crippen molar-refractivity contribution in [3.63, 3.8) is 0 Å². The van der Waals surface area contributed by atoms with Crippen molar-refractivity contribution in [3.8, 4) is 16.8 Å². The molecule has 6 aromatic rings. The Morgan fingerprint density at radius 3 is 1.29 bits per heavy atom. The van der Waals surface area contributed by atoms with E-state index in [0.29, 0.717) is 0 Å². The maximum atomic E-state index is 2.30. The number of aromatic nitrogens is 1. The number of hydrogen-bond donors (Lipinski definition) is 0. The lowest BCUT2D eigenvalue weighted by Gasteiger charge is -2.25. The fourth-order valence-electron chi connectivity index (χ4n) is 4.95. The Hall–Kier alpha value is -5.21. The molecule has 0 aliphatic rings. The zero-order valence-electron chi connectivity index (χ0n) is 23.5. The number of rotatable bonds is 7. The second kappa shape index (κ2) is 11.9. The predicted octanol–water partition coefficient (Wildman–Crippen LogP) is 9.89. The van der Waals surface area contributed by atoms with Crippen molar-refractivity contribution in [2.75, 3.05) is 4.90 Å². The van der Waals surface area contributed by atoms with Crippen LogP contribution in [0.1, 0.15) is 22.3 Å². The Morgan fingerprint density at radius 2 is 0.829 bits per heavy atom. The number of benzene rings is 5. The topological polar surface area (TPSA) is 7.12 Å². The Balaban J connectivity index is 1.17. The van der Waals surface area contributed by atoms with Crippen LogP contribution in [0.4, 0.5) is 17.1 Å². The third kappa shape index (κ3) is 6.18. The molecule has 6 rings (SSSR count). The molecule has 0 radical (unpaired) electrons. The molecular formula is C39H33N2+. The van der Waals surface area contributed by atoms with Crippen molar-refractivity contribution in [2.24, 2.45) is 0 Å². The molecule has 0 bridgehead atoms. The van der Waals surface area contributed by atoms with Crippen LogP contribution >= 0.6 is 0 Å². The number of nitrogens with zero attached hydrogens (tertiary/aromatic N) is 2. The highest BCUT2D eigenvalue weighted by Crippen LogP contribution is 2.35. The van der Waals surface area contributed by atoms with Crippen LogP contribution in [-0.2, 0) is 0 Å². The van der Waals surface area contributed by atoms with E-state index in [4.69, 9.17) is 0 Å². The third-order valence-electron chi connectivity index (χ3n) is 7.33. The van der Waals surface area contributed by atoms with Crippen LogP contribution in [0.25, 0.3) is 29.0 Å². The van der Waals surface area contributed by atoms with Gasteiger partial charge in [0.15, 0.2) is 12.4 Å². The summed E-state index contributed by atoms with van der Waals surface area (Å²) in [4.78, 5) is 2.30.